The summed E-state index contributed by atoms with van der Waals surface area (Å²) in [4.78, 5) is 67.0. The van der Waals surface area contributed by atoms with Crippen LogP contribution in [0.5, 0.6) is 0 Å². The molecule has 0 spiro atoms. The molecule has 5 amide bonds. The molecule has 1 saturated carbocycles. The molecule has 1 aliphatic carbocycles. The highest BCUT2D eigenvalue weighted by Crippen LogP contribution is 2.36. The van der Waals surface area contributed by atoms with E-state index in [1.165, 1.54) is 0 Å². The first-order valence-corrected chi connectivity index (χ1v) is 18.9. The molecule has 3 aromatic carbocycles. The van der Waals surface area contributed by atoms with Gasteiger partial charge in [-0.3, -0.25) is 38.9 Å². The van der Waals surface area contributed by atoms with Crippen LogP contribution in [0.3, 0.4) is 0 Å². The van der Waals surface area contributed by atoms with Gasteiger partial charge in [0.15, 0.2) is 0 Å². The Morgan fingerprint density at radius 2 is 1.58 bits per heavy atom. The summed E-state index contributed by atoms with van der Waals surface area (Å²) in [6.45, 7) is 5.41. The number of hydrogen-bond donors (Lipinski definition) is 1. The van der Waals surface area contributed by atoms with Crippen molar-refractivity contribution in [1.29, 1.82) is 5.26 Å². The first-order chi connectivity index (χ1) is 26.5. The number of aromatic nitrogens is 2. The highest BCUT2D eigenvalue weighted by Gasteiger charge is 2.45. The minimum atomic E-state index is -1.01. The molecule has 8 rings (SSSR count). The zero-order valence-electron chi connectivity index (χ0n) is 30.4. The summed E-state index contributed by atoms with van der Waals surface area (Å²) in [6, 6.07) is 18.0. The van der Waals surface area contributed by atoms with Gasteiger partial charge in [0.1, 0.15) is 12.1 Å². The lowest BCUT2D eigenvalue weighted by Gasteiger charge is -2.28. The molecule has 1 saturated heterocycles. The van der Waals surface area contributed by atoms with Crippen molar-refractivity contribution in [1.82, 2.24) is 24.9 Å². The number of carbonyl (C=O) groups excluding carboxylic acids is 5. The first-order valence-electron chi connectivity index (χ1n) is 18.5. The zero-order valence-corrected chi connectivity index (χ0v) is 31.2. The second kappa shape index (κ2) is 14.3. The van der Waals surface area contributed by atoms with Crippen LogP contribution in [-0.2, 0) is 34.0 Å². The normalized spacial score (nSPS) is 20.4. The monoisotopic (exact) mass is 752 g/mol. The van der Waals surface area contributed by atoms with Crippen LogP contribution in [0.4, 0.5) is 0 Å². The van der Waals surface area contributed by atoms with E-state index in [1.54, 1.807) is 29.2 Å². The van der Waals surface area contributed by atoms with Crippen molar-refractivity contribution in [2.75, 3.05) is 0 Å². The van der Waals surface area contributed by atoms with E-state index in [2.05, 4.69) is 35.4 Å². The molecule has 1 unspecified atom stereocenters. The fraction of sp³-hybridized carbons (Fsp3) is 0.326. The van der Waals surface area contributed by atoms with Crippen LogP contribution >= 0.6 is 11.6 Å². The van der Waals surface area contributed by atoms with Crippen molar-refractivity contribution >= 4 is 41.1 Å². The quantitative estimate of drug-likeness (QED) is 0.199. The number of imide groups is 2. The summed E-state index contributed by atoms with van der Waals surface area (Å²) < 4.78 is 1.98. The smallest absolute Gasteiger partial charge is 0.262 e. The standard InChI is InChI=1S/C43H37ClN6O5/c1-24-25(2)49(47-39(24)30-13-14-31(20-45)36(44)19-30)21-28-7-5-26(6-8-28)3-4-27-9-11-29(12-10-27)41(53)48-22-32-17-34-35(18-33(32)23-48)43(55)50(42(34)54)37-15-16-38(51)46-40(37)52/h5-8,13-14,17-19,27,29,37H,9-12,15-16,21-23H2,1-2H3,(H,46,51,52). The molecule has 276 valence electrons. The van der Waals surface area contributed by atoms with E-state index in [-0.39, 0.29) is 41.7 Å². The topological polar surface area (TPSA) is 145 Å². The predicted molar refractivity (Wildman–Crippen MR) is 202 cm³/mol. The summed E-state index contributed by atoms with van der Waals surface area (Å²) in [5.74, 6) is 4.81. The highest BCUT2D eigenvalue weighted by atomic mass is 35.5. The van der Waals surface area contributed by atoms with E-state index >= 15 is 0 Å². The number of nitriles is 1. The van der Waals surface area contributed by atoms with Crippen LogP contribution in [0.25, 0.3) is 11.3 Å². The first kappa shape index (κ1) is 36.0. The van der Waals surface area contributed by atoms with Gasteiger partial charge in [-0.1, -0.05) is 41.6 Å². The molecular weight excluding hydrogens is 716 g/mol. The number of amides is 5. The Hall–Kier alpha value is -6.04. The van der Waals surface area contributed by atoms with Gasteiger partial charge >= 0.3 is 0 Å². The van der Waals surface area contributed by atoms with Gasteiger partial charge in [0.25, 0.3) is 11.8 Å². The largest absolute Gasteiger partial charge is 0.334 e. The molecule has 1 N–H and O–H groups in total. The van der Waals surface area contributed by atoms with Gasteiger partial charge in [0, 0.05) is 48.2 Å². The van der Waals surface area contributed by atoms with Gasteiger partial charge in [-0.25, -0.2) is 0 Å². The maximum atomic E-state index is 13.6. The molecule has 1 atom stereocenters. The van der Waals surface area contributed by atoms with Crippen LogP contribution in [0, 0.1) is 48.9 Å². The molecule has 12 heteroatoms. The number of piperidine rings is 1. The van der Waals surface area contributed by atoms with E-state index in [4.69, 9.17) is 16.7 Å². The van der Waals surface area contributed by atoms with Crippen molar-refractivity contribution in [2.45, 2.75) is 78.0 Å². The molecule has 11 nitrogen and oxygen atoms in total. The summed E-state index contributed by atoms with van der Waals surface area (Å²) in [5.41, 5.74) is 8.43. The Kier molecular flexibility index (Phi) is 9.36. The van der Waals surface area contributed by atoms with E-state index in [0.717, 1.165) is 75.4 Å². The number of nitrogens with one attached hydrogen (secondary N) is 1. The molecule has 0 radical (unpaired) electrons. The van der Waals surface area contributed by atoms with Gasteiger partial charge < -0.3 is 4.90 Å². The number of halogens is 1. The van der Waals surface area contributed by atoms with E-state index in [0.29, 0.717) is 30.2 Å². The number of hydrogen-bond acceptors (Lipinski definition) is 7. The lowest BCUT2D eigenvalue weighted by Crippen LogP contribution is -2.54. The average Bonchev–Trinajstić information content (AvgIpc) is 3.81. The summed E-state index contributed by atoms with van der Waals surface area (Å²) in [5, 5.41) is 16.7. The van der Waals surface area contributed by atoms with Crippen molar-refractivity contribution < 1.29 is 24.0 Å². The lowest BCUT2D eigenvalue weighted by molar-refractivity contribution is -0.138. The molecule has 3 aliphatic heterocycles. The SMILES string of the molecule is Cc1c(-c2ccc(C#N)c(Cl)c2)nn(Cc2ccc(C#CC3CCC(C(=O)N4Cc5cc6c(cc5C4)C(=O)N(C4CCC(=O)NC4=O)C6=O)CC3)cc2)c1C. The molecule has 4 aliphatic rings. The third-order valence-electron chi connectivity index (χ3n) is 11.4. The fourth-order valence-corrected chi connectivity index (χ4v) is 8.36. The Bertz CT molecular complexity index is 2380. The van der Waals surface area contributed by atoms with E-state index in [1.807, 2.05) is 36.7 Å². The van der Waals surface area contributed by atoms with Gasteiger partial charge in [0.2, 0.25) is 17.7 Å². The van der Waals surface area contributed by atoms with Gasteiger partial charge in [-0.15, -0.1) is 0 Å². The molecule has 4 aromatic rings. The Labute approximate surface area is 323 Å². The Morgan fingerprint density at radius 3 is 2.20 bits per heavy atom. The third-order valence-corrected chi connectivity index (χ3v) is 11.8. The molecule has 55 heavy (non-hydrogen) atoms. The summed E-state index contributed by atoms with van der Waals surface area (Å²) >= 11 is 6.29. The maximum absolute atomic E-state index is 13.6. The number of nitrogens with zero attached hydrogens (tertiary/aromatic N) is 5. The number of rotatable bonds is 5. The third kappa shape index (κ3) is 6.70. The number of benzene rings is 3. The van der Waals surface area contributed by atoms with Crippen molar-refractivity contribution in [3.63, 3.8) is 0 Å². The minimum absolute atomic E-state index is 0.0655. The molecule has 4 heterocycles. The highest BCUT2D eigenvalue weighted by molar-refractivity contribution is 6.32. The van der Waals surface area contributed by atoms with Crippen LogP contribution in [-0.4, -0.2) is 55.2 Å². The second-order valence-electron chi connectivity index (χ2n) is 14.8. The van der Waals surface area contributed by atoms with E-state index < -0.39 is 29.7 Å². The second-order valence-corrected chi connectivity index (χ2v) is 15.3. The predicted octanol–water partition coefficient (Wildman–Crippen LogP) is 5.84. The van der Waals surface area contributed by atoms with Crippen LogP contribution in [0.15, 0.2) is 54.6 Å². The maximum Gasteiger partial charge on any atom is 0.262 e. The fourth-order valence-electron chi connectivity index (χ4n) is 8.14. The minimum Gasteiger partial charge on any atom is -0.334 e. The van der Waals surface area contributed by atoms with Crippen molar-refractivity contribution in [2.24, 2.45) is 11.8 Å². The molecule has 2 fully saturated rings. The number of fused-ring (bicyclic) bond motifs is 2. The van der Waals surface area contributed by atoms with Crippen LogP contribution in [0.1, 0.15) is 98.3 Å². The van der Waals surface area contributed by atoms with Crippen molar-refractivity contribution in [3.8, 4) is 29.2 Å². The van der Waals surface area contributed by atoms with Gasteiger partial charge in [0.05, 0.1) is 34.0 Å². The summed E-state index contributed by atoms with van der Waals surface area (Å²) in [6.07, 6.45) is 3.33. The molecule has 1 aromatic heterocycles. The van der Waals surface area contributed by atoms with Gasteiger partial charge in [-0.05, 0) is 105 Å². The Balaban J connectivity index is 0.846. The number of carbonyl (C=O) groups is 5. The molecular formula is C43H37ClN6O5. The zero-order chi connectivity index (χ0) is 38.5. The molecule has 0 bridgehead atoms. The Morgan fingerprint density at radius 1 is 0.909 bits per heavy atom. The van der Waals surface area contributed by atoms with Crippen molar-refractivity contribution in [3.05, 3.63) is 110 Å². The average molecular weight is 753 g/mol. The lowest BCUT2D eigenvalue weighted by atomic mass is 9.81. The van der Waals surface area contributed by atoms with Crippen LogP contribution < -0.4 is 5.32 Å². The summed E-state index contributed by atoms with van der Waals surface area (Å²) in [7, 11) is 0. The van der Waals surface area contributed by atoms with Gasteiger partial charge in [-0.2, -0.15) is 10.4 Å². The van der Waals surface area contributed by atoms with Crippen LogP contribution in [0.2, 0.25) is 5.02 Å². The van der Waals surface area contributed by atoms with E-state index in [9.17, 15) is 29.2 Å².